The Morgan fingerprint density at radius 3 is 2.87 bits per heavy atom. The third-order valence-electron chi connectivity index (χ3n) is 5.77. The van der Waals surface area contributed by atoms with Crippen LogP contribution in [-0.2, 0) is 17.6 Å². The summed E-state index contributed by atoms with van der Waals surface area (Å²) in [7, 11) is 0. The van der Waals surface area contributed by atoms with E-state index in [2.05, 4.69) is 10.4 Å². The maximum atomic E-state index is 13.3. The first-order chi connectivity index (χ1) is 15.2. The van der Waals surface area contributed by atoms with E-state index < -0.39 is 0 Å². The highest BCUT2D eigenvalue weighted by Crippen LogP contribution is 2.29. The molecule has 5 rings (SSSR count). The van der Waals surface area contributed by atoms with Gasteiger partial charge in [0.25, 0.3) is 5.91 Å². The minimum absolute atomic E-state index is 0.135. The number of nitrogens with one attached hydrogen (secondary N) is 1. The molecule has 1 N–H and O–H groups in total. The lowest BCUT2D eigenvalue weighted by Crippen LogP contribution is -2.17. The number of hydrogen-bond donors (Lipinski definition) is 1. The Morgan fingerprint density at radius 2 is 2.06 bits per heavy atom. The maximum Gasteiger partial charge on any atom is 0.276 e. The summed E-state index contributed by atoms with van der Waals surface area (Å²) in [5.74, 6) is 0.137. The van der Waals surface area contributed by atoms with Crippen LogP contribution in [-0.4, -0.2) is 35.0 Å². The van der Waals surface area contributed by atoms with Crippen LogP contribution in [0.5, 0.6) is 5.75 Å². The van der Waals surface area contributed by atoms with Gasteiger partial charge in [0.2, 0.25) is 0 Å². The summed E-state index contributed by atoms with van der Waals surface area (Å²) in [5.41, 5.74) is 3.81. The smallest absolute Gasteiger partial charge is 0.276 e. The molecule has 1 aliphatic carbocycles. The summed E-state index contributed by atoms with van der Waals surface area (Å²) in [5, 5.41) is 7.52. The van der Waals surface area contributed by atoms with Gasteiger partial charge in [0, 0.05) is 29.6 Å². The number of benzene rings is 2. The fourth-order valence-corrected chi connectivity index (χ4v) is 4.23. The number of halogens is 1. The lowest BCUT2D eigenvalue weighted by Gasteiger charge is -2.12. The summed E-state index contributed by atoms with van der Waals surface area (Å²) in [6.45, 7) is 1.30. The van der Waals surface area contributed by atoms with E-state index in [1.807, 2.05) is 24.3 Å². The first kappa shape index (κ1) is 19.8. The first-order valence-corrected chi connectivity index (χ1v) is 10.7. The van der Waals surface area contributed by atoms with E-state index >= 15 is 0 Å². The quantitative estimate of drug-likeness (QED) is 0.644. The van der Waals surface area contributed by atoms with Crippen LogP contribution in [0.1, 0.15) is 41.0 Å². The molecule has 160 valence electrons. The van der Waals surface area contributed by atoms with Crippen LogP contribution in [0.4, 0.5) is 10.1 Å². The summed E-state index contributed by atoms with van der Waals surface area (Å²) in [4.78, 5) is 13.0. The monoisotopic (exact) mass is 421 g/mol. The van der Waals surface area contributed by atoms with Crippen molar-refractivity contribution in [3.8, 4) is 11.4 Å². The highest BCUT2D eigenvalue weighted by Gasteiger charge is 2.27. The predicted octanol–water partition coefficient (Wildman–Crippen LogP) is 4.31. The van der Waals surface area contributed by atoms with Gasteiger partial charge in [0.05, 0.1) is 11.8 Å². The fourth-order valence-electron chi connectivity index (χ4n) is 4.23. The van der Waals surface area contributed by atoms with E-state index in [-0.39, 0.29) is 17.8 Å². The average Bonchev–Trinajstić information content (AvgIpc) is 3.51. The molecule has 0 radical (unpaired) electrons. The van der Waals surface area contributed by atoms with Gasteiger partial charge < -0.3 is 14.8 Å². The minimum atomic E-state index is -0.299. The largest absolute Gasteiger partial charge is 0.491 e. The number of carbonyl (C=O) groups is 1. The second-order valence-corrected chi connectivity index (χ2v) is 7.94. The van der Waals surface area contributed by atoms with Crippen molar-refractivity contribution in [1.29, 1.82) is 0 Å². The molecular weight excluding hydrogens is 397 g/mol. The average molecular weight is 421 g/mol. The van der Waals surface area contributed by atoms with Gasteiger partial charge in [-0.05, 0) is 68.5 Å². The molecule has 1 aliphatic heterocycles. The molecule has 1 atom stereocenters. The molecule has 2 heterocycles. The van der Waals surface area contributed by atoms with Crippen LogP contribution >= 0.6 is 0 Å². The van der Waals surface area contributed by atoms with Crippen LogP contribution in [0.15, 0.2) is 48.5 Å². The maximum absolute atomic E-state index is 13.3. The first-order valence-electron chi connectivity index (χ1n) is 10.7. The van der Waals surface area contributed by atoms with E-state index in [1.165, 1.54) is 12.1 Å². The number of anilines is 1. The predicted molar refractivity (Wildman–Crippen MR) is 114 cm³/mol. The Balaban J connectivity index is 1.33. The molecule has 0 saturated carbocycles. The van der Waals surface area contributed by atoms with Crippen molar-refractivity contribution >= 4 is 11.6 Å². The number of carbonyl (C=O) groups excluding carboxylic acids is 1. The molecule has 0 spiro atoms. The number of rotatable bonds is 6. The molecule has 1 aromatic heterocycles. The van der Waals surface area contributed by atoms with Crippen LogP contribution in [0.25, 0.3) is 5.69 Å². The lowest BCUT2D eigenvalue weighted by molar-refractivity contribution is 0.0680. The Hall–Kier alpha value is -3.19. The molecule has 1 saturated heterocycles. The summed E-state index contributed by atoms with van der Waals surface area (Å²) in [6.07, 6.45) is 4.85. The van der Waals surface area contributed by atoms with E-state index in [4.69, 9.17) is 9.47 Å². The molecular formula is C24H24FN3O3. The van der Waals surface area contributed by atoms with Gasteiger partial charge >= 0.3 is 0 Å². The number of hydrogen-bond acceptors (Lipinski definition) is 4. The van der Waals surface area contributed by atoms with Gasteiger partial charge in [-0.25, -0.2) is 9.07 Å². The fraction of sp³-hybridized carbons (Fsp3) is 0.333. The van der Waals surface area contributed by atoms with Crippen LogP contribution in [0, 0.1) is 5.82 Å². The zero-order valence-electron chi connectivity index (χ0n) is 17.1. The van der Waals surface area contributed by atoms with Crippen LogP contribution < -0.4 is 10.1 Å². The molecule has 1 amide bonds. The Kier molecular flexibility index (Phi) is 5.42. The van der Waals surface area contributed by atoms with Gasteiger partial charge in [-0.15, -0.1) is 0 Å². The molecule has 2 aromatic carbocycles. The summed E-state index contributed by atoms with van der Waals surface area (Å²) < 4.78 is 26.5. The van der Waals surface area contributed by atoms with E-state index in [1.54, 1.807) is 16.8 Å². The van der Waals surface area contributed by atoms with Crippen molar-refractivity contribution in [2.75, 3.05) is 18.5 Å². The van der Waals surface area contributed by atoms with Crippen LogP contribution in [0.3, 0.4) is 0 Å². The van der Waals surface area contributed by atoms with Crippen molar-refractivity contribution in [3.63, 3.8) is 0 Å². The molecule has 0 bridgehead atoms. The SMILES string of the molecule is O=C(Nc1cccc(OC[C@H]2CCCO2)c1)c1nn(-c2ccc(F)cc2)c2c1CCC2. The standard InChI is InChI=1S/C24H24FN3O3/c25-16-9-11-18(12-10-16)28-22-8-2-7-21(22)23(27-28)24(29)26-17-4-1-5-19(14-17)31-15-20-6-3-13-30-20/h1,4-5,9-12,14,20H,2-3,6-8,13,15H2,(H,26,29)/t20-/m1/s1. The molecule has 6 nitrogen and oxygen atoms in total. The second kappa shape index (κ2) is 8.51. The zero-order chi connectivity index (χ0) is 21.2. The van der Waals surface area contributed by atoms with Gasteiger partial charge in [0.1, 0.15) is 18.2 Å². The zero-order valence-corrected chi connectivity index (χ0v) is 17.1. The molecule has 3 aromatic rings. The van der Waals surface area contributed by atoms with Crippen molar-refractivity contribution in [1.82, 2.24) is 9.78 Å². The van der Waals surface area contributed by atoms with Gasteiger partial charge in [-0.3, -0.25) is 4.79 Å². The Labute approximate surface area is 180 Å². The highest BCUT2D eigenvalue weighted by atomic mass is 19.1. The van der Waals surface area contributed by atoms with E-state index in [9.17, 15) is 9.18 Å². The minimum Gasteiger partial charge on any atom is -0.491 e. The summed E-state index contributed by atoms with van der Waals surface area (Å²) >= 11 is 0. The molecule has 2 aliphatic rings. The molecule has 1 fully saturated rings. The van der Waals surface area contributed by atoms with Gasteiger partial charge in [-0.2, -0.15) is 5.10 Å². The Morgan fingerprint density at radius 1 is 1.19 bits per heavy atom. The molecule has 7 heteroatoms. The van der Waals surface area contributed by atoms with Crippen LogP contribution in [0.2, 0.25) is 0 Å². The van der Waals surface area contributed by atoms with Crippen molar-refractivity contribution < 1.29 is 18.7 Å². The van der Waals surface area contributed by atoms with Crippen molar-refractivity contribution in [2.24, 2.45) is 0 Å². The van der Waals surface area contributed by atoms with Gasteiger partial charge in [-0.1, -0.05) is 6.07 Å². The normalized spacial score (nSPS) is 17.5. The number of ether oxygens (including phenoxy) is 2. The van der Waals surface area contributed by atoms with Crippen molar-refractivity contribution in [3.05, 3.63) is 71.3 Å². The third kappa shape index (κ3) is 4.18. The molecule has 0 unspecified atom stereocenters. The second-order valence-electron chi connectivity index (χ2n) is 7.94. The lowest BCUT2D eigenvalue weighted by atomic mass is 10.2. The number of nitrogens with zero attached hydrogens (tertiary/aromatic N) is 2. The Bertz CT molecular complexity index is 1090. The highest BCUT2D eigenvalue weighted by molar-refractivity contribution is 6.04. The van der Waals surface area contributed by atoms with E-state index in [0.29, 0.717) is 23.7 Å². The van der Waals surface area contributed by atoms with Crippen molar-refractivity contribution in [2.45, 2.75) is 38.2 Å². The number of amides is 1. The number of aromatic nitrogens is 2. The number of fused-ring (bicyclic) bond motifs is 1. The van der Waals surface area contributed by atoms with E-state index in [0.717, 1.165) is 55.7 Å². The summed E-state index contributed by atoms with van der Waals surface area (Å²) in [6, 6.07) is 13.5. The third-order valence-corrected chi connectivity index (χ3v) is 5.77. The topological polar surface area (TPSA) is 65.4 Å². The molecule has 31 heavy (non-hydrogen) atoms. The van der Waals surface area contributed by atoms with Gasteiger partial charge in [0.15, 0.2) is 5.69 Å².